The van der Waals surface area contributed by atoms with Gasteiger partial charge in [0.2, 0.25) is 5.91 Å². The first kappa shape index (κ1) is 18.2. The lowest BCUT2D eigenvalue weighted by molar-refractivity contribution is -0.115. The number of imidazole rings is 2. The number of carbonyl (C=O) groups is 1. The maximum absolute atomic E-state index is 10.8. The summed E-state index contributed by atoms with van der Waals surface area (Å²) < 4.78 is 0. The third kappa shape index (κ3) is 4.41. The molecule has 0 unspecified atom stereocenters. The van der Waals surface area contributed by atoms with E-state index in [9.17, 15) is 9.59 Å². The summed E-state index contributed by atoms with van der Waals surface area (Å²) in [5.41, 5.74) is 5.75. The van der Waals surface area contributed by atoms with E-state index in [4.69, 9.17) is 0 Å². The summed E-state index contributed by atoms with van der Waals surface area (Å²) in [7, 11) is 0. The first-order chi connectivity index (χ1) is 14.2. The predicted octanol–water partition coefficient (Wildman–Crippen LogP) is 3.60. The lowest BCUT2D eigenvalue weighted by Crippen LogP contribution is -2.03. The molecule has 29 heavy (non-hydrogen) atoms. The van der Waals surface area contributed by atoms with Gasteiger partial charge in [-0.2, -0.15) is 0 Å². The molecule has 1 aliphatic heterocycles. The van der Waals surface area contributed by atoms with Gasteiger partial charge in [-0.05, 0) is 35.9 Å². The van der Waals surface area contributed by atoms with Crippen LogP contribution in [-0.2, 0) is 11.2 Å². The molecule has 7 nitrogen and oxygen atoms in total. The van der Waals surface area contributed by atoms with Gasteiger partial charge in [-0.15, -0.1) is 0 Å². The molecule has 0 atom stereocenters. The van der Waals surface area contributed by atoms with Crippen LogP contribution in [0.5, 0.6) is 0 Å². The number of fused-ring (bicyclic) bond motifs is 3. The predicted molar refractivity (Wildman–Crippen MR) is 114 cm³/mol. The van der Waals surface area contributed by atoms with Crippen LogP contribution in [0.3, 0.4) is 0 Å². The van der Waals surface area contributed by atoms with E-state index < -0.39 is 0 Å². The first-order valence-corrected chi connectivity index (χ1v) is 9.12. The summed E-state index contributed by atoms with van der Waals surface area (Å²) in [6.07, 6.45) is 2.24. The summed E-state index contributed by atoms with van der Waals surface area (Å²) in [5.74, 6) is 0.0983. The molecule has 0 saturated heterocycles. The molecule has 0 aliphatic carbocycles. The van der Waals surface area contributed by atoms with Gasteiger partial charge in [-0.3, -0.25) is 4.79 Å². The molecule has 3 heterocycles. The van der Waals surface area contributed by atoms with Crippen molar-refractivity contribution in [3.05, 3.63) is 95.2 Å². The number of aromatic nitrogens is 4. The highest BCUT2D eigenvalue weighted by molar-refractivity contribution is 5.98. The zero-order chi connectivity index (χ0) is 20.1. The van der Waals surface area contributed by atoms with Crippen LogP contribution in [0.4, 0.5) is 5.69 Å². The van der Waals surface area contributed by atoms with Crippen molar-refractivity contribution < 1.29 is 4.79 Å². The molecule has 144 valence electrons. The average Bonchev–Trinajstić information content (AvgIpc) is 3.44. The minimum atomic E-state index is -0.152. The van der Waals surface area contributed by atoms with Crippen molar-refractivity contribution >= 4 is 33.7 Å². The van der Waals surface area contributed by atoms with E-state index in [-0.39, 0.29) is 11.6 Å². The smallest absolute Gasteiger partial charge is 0.323 e. The molecule has 0 bridgehead atoms. The Kier molecular flexibility index (Phi) is 5.20. The summed E-state index contributed by atoms with van der Waals surface area (Å²) in [6.45, 7) is 0. The van der Waals surface area contributed by atoms with Crippen LogP contribution in [-0.4, -0.2) is 25.8 Å². The van der Waals surface area contributed by atoms with Crippen LogP contribution in [0, 0.1) is 0 Å². The average molecular weight is 385 g/mol. The van der Waals surface area contributed by atoms with Gasteiger partial charge in [0.1, 0.15) is 0 Å². The molecule has 3 aromatic carbocycles. The number of carbonyl (C=O) groups excluding carboxylic acids is 1. The zero-order valence-electron chi connectivity index (χ0n) is 15.5. The zero-order valence-corrected chi connectivity index (χ0v) is 15.5. The standard InChI is InChI=1S/C8H7NO.C7H6N2O.C7H6N2/c10-8-5-6-3-1-2-4-7(6)9-8;10-7-8-5-3-1-2-4-6(5)9-7;1-2-4-7-6(3-1)8-5-9-7/h1-4H,5H2,(H,9,10);1-4H,(H2,8,9,10);1-5H,(H,8,9). The van der Waals surface area contributed by atoms with E-state index in [1.807, 2.05) is 72.8 Å². The number of nitrogens with one attached hydrogen (secondary N) is 4. The topological polar surface area (TPSA) is 106 Å². The number of hydrogen-bond acceptors (Lipinski definition) is 3. The molecule has 6 rings (SSSR count). The fourth-order valence-electron chi connectivity index (χ4n) is 3.02. The van der Waals surface area contributed by atoms with E-state index in [0.29, 0.717) is 6.42 Å². The number of amides is 1. The monoisotopic (exact) mass is 385 g/mol. The number of benzene rings is 3. The van der Waals surface area contributed by atoms with Crippen LogP contribution in [0.25, 0.3) is 22.1 Å². The minimum absolute atomic E-state index is 0.0983. The van der Waals surface area contributed by atoms with E-state index in [0.717, 1.165) is 33.3 Å². The van der Waals surface area contributed by atoms with E-state index in [1.54, 1.807) is 6.33 Å². The van der Waals surface area contributed by atoms with Gasteiger partial charge >= 0.3 is 5.69 Å². The van der Waals surface area contributed by atoms with Crippen molar-refractivity contribution in [2.24, 2.45) is 0 Å². The van der Waals surface area contributed by atoms with Gasteiger partial charge < -0.3 is 20.3 Å². The van der Waals surface area contributed by atoms with Crippen molar-refractivity contribution in [3.8, 4) is 0 Å². The maximum Gasteiger partial charge on any atom is 0.323 e. The van der Waals surface area contributed by atoms with Gasteiger partial charge in [-0.1, -0.05) is 42.5 Å². The summed E-state index contributed by atoms with van der Waals surface area (Å²) in [5, 5.41) is 2.76. The number of rotatable bonds is 0. The number of H-pyrrole nitrogens is 3. The Labute approximate surface area is 165 Å². The second-order valence-corrected chi connectivity index (χ2v) is 6.43. The first-order valence-electron chi connectivity index (χ1n) is 9.12. The van der Waals surface area contributed by atoms with Crippen molar-refractivity contribution in [2.45, 2.75) is 6.42 Å². The van der Waals surface area contributed by atoms with Crippen LogP contribution < -0.4 is 11.0 Å². The van der Waals surface area contributed by atoms with Crippen molar-refractivity contribution in [3.63, 3.8) is 0 Å². The lowest BCUT2D eigenvalue weighted by Gasteiger charge is -1.93. The lowest BCUT2D eigenvalue weighted by atomic mass is 10.2. The van der Waals surface area contributed by atoms with Gasteiger partial charge in [0.15, 0.2) is 0 Å². The molecule has 1 amide bonds. The molecule has 1 aliphatic rings. The van der Waals surface area contributed by atoms with E-state index in [1.165, 1.54) is 0 Å². The third-order valence-corrected chi connectivity index (χ3v) is 4.39. The SMILES string of the molecule is O=C1Cc2ccccc2N1.O=c1[nH]c2ccccc2[nH]1.c1ccc2[nH]cnc2c1. The van der Waals surface area contributed by atoms with Crippen LogP contribution in [0.2, 0.25) is 0 Å². The number of hydrogen-bond donors (Lipinski definition) is 4. The highest BCUT2D eigenvalue weighted by Gasteiger charge is 2.15. The van der Waals surface area contributed by atoms with Gasteiger partial charge in [0.05, 0.1) is 34.8 Å². The summed E-state index contributed by atoms with van der Waals surface area (Å²) in [4.78, 5) is 33.8. The van der Waals surface area contributed by atoms with Crippen LogP contribution in [0.15, 0.2) is 83.9 Å². The highest BCUT2D eigenvalue weighted by atomic mass is 16.2. The minimum Gasteiger partial charge on any atom is -0.345 e. The second-order valence-electron chi connectivity index (χ2n) is 6.43. The molecule has 0 spiro atoms. The molecule has 4 N–H and O–H groups in total. The fourth-order valence-corrected chi connectivity index (χ4v) is 3.02. The van der Waals surface area contributed by atoms with Crippen molar-refractivity contribution in [2.75, 3.05) is 5.32 Å². The highest BCUT2D eigenvalue weighted by Crippen LogP contribution is 2.21. The molecule has 2 aromatic heterocycles. The van der Waals surface area contributed by atoms with E-state index >= 15 is 0 Å². The fraction of sp³-hybridized carbons (Fsp3) is 0.0455. The van der Waals surface area contributed by atoms with Gasteiger partial charge in [0.25, 0.3) is 0 Å². The Hall–Kier alpha value is -4.13. The Bertz CT molecular complexity index is 1220. The van der Waals surface area contributed by atoms with Crippen LogP contribution >= 0.6 is 0 Å². The Morgan fingerprint density at radius 3 is 2.03 bits per heavy atom. The Morgan fingerprint density at radius 1 is 0.724 bits per heavy atom. The van der Waals surface area contributed by atoms with E-state index in [2.05, 4.69) is 25.3 Å². The number of para-hydroxylation sites is 5. The molecule has 0 fully saturated rings. The van der Waals surface area contributed by atoms with Crippen molar-refractivity contribution in [1.29, 1.82) is 0 Å². The molecular weight excluding hydrogens is 366 g/mol. The normalized spacial score (nSPS) is 11.8. The second kappa shape index (κ2) is 8.26. The number of anilines is 1. The quantitative estimate of drug-likeness (QED) is 0.327. The molecular formula is C22H19N5O2. The Morgan fingerprint density at radius 2 is 1.34 bits per heavy atom. The molecule has 5 aromatic rings. The van der Waals surface area contributed by atoms with Gasteiger partial charge in [0, 0.05) is 5.69 Å². The molecule has 7 heteroatoms. The molecule has 0 radical (unpaired) electrons. The Balaban J connectivity index is 0.000000106. The molecule has 0 saturated carbocycles. The third-order valence-electron chi connectivity index (χ3n) is 4.39. The van der Waals surface area contributed by atoms with Crippen molar-refractivity contribution in [1.82, 2.24) is 19.9 Å². The van der Waals surface area contributed by atoms with Gasteiger partial charge in [-0.25, -0.2) is 9.78 Å². The maximum atomic E-state index is 10.8. The number of aromatic amines is 3. The van der Waals surface area contributed by atoms with Crippen LogP contribution in [0.1, 0.15) is 5.56 Å². The largest absolute Gasteiger partial charge is 0.345 e. The summed E-state index contributed by atoms with van der Waals surface area (Å²) >= 11 is 0. The summed E-state index contributed by atoms with van der Waals surface area (Å²) in [6, 6.07) is 23.2. The number of nitrogens with zero attached hydrogens (tertiary/aromatic N) is 1.